The van der Waals surface area contributed by atoms with Crippen LogP contribution in [0.25, 0.3) is 0 Å². The Morgan fingerprint density at radius 1 is 1.24 bits per heavy atom. The van der Waals surface area contributed by atoms with Crippen molar-refractivity contribution in [1.29, 1.82) is 0 Å². The van der Waals surface area contributed by atoms with E-state index in [-0.39, 0.29) is 18.2 Å². The van der Waals surface area contributed by atoms with Gasteiger partial charge in [0.05, 0.1) is 11.2 Å². The molecule has 1 N–H and O–H groups in total. The molecule has 0 fully saturated rings. The number of anilines is 1. The van der Waals surface area contributed by atoms with E-state index < -0.39 is 5.91 Å². The molecule has 0 aliphatic rings. The molecule has 0 spiro atoms. The van der Waals surface area contributed by atoms with Gasteiger partial charge in [-0.2, -0.15) is 0 Å². The van der Waals surface area contributed by atoms with E-state index in [0.717, 1.165) is 0 Å². The summed E-state index contributed by atoms with van der Waals surface area (Å²) in [5, 5.41) is 2.97. The maximum absolute atomic E-state index is 12.0. The highest BCUT2D eigenvalue weighted by Crippen LogP contribution is 2.27. The molecule has 1 aromatic heterocycles. The normalized spacial score (nSPS) is 10.2. The van der Waals surface area contributed by atoms with E-state index in [4.69, 9.17) is 16.3 Å². The van der Waals surface area contributed by atoms with Crippen molar-refractivity contribution < 1.29 is 14.3 Å². The maximum Gasteiger partial charge on any atom is 0.275 e. The number of ether oxygens (including phenoxy) is 1. The van der Waals surface area contributed by atoms with Crippen LogP contribution in [0, 0.1) is 0 Å². The molecule has 0 saturated heterocycles. The summed E-state index contributed by atoms with van der Waals surface area (Å²) in [5.41, 5.74) is 0.687. The minimum atomic E-state index is -0.394. The Kier molecular flexibility index (Phi) is 6.71. The third-order valence-corrected chi connectivity index (χ3v) is 3.75. The maximum atomic E-state index is 12.0. The highest BCUT2D eigenvalue weighted by atomic mass is 35.5. The zero-order chi connectivity index (χ0) is 18.2. The molecule has 2 aromatic rings. The van der Waals surface area contributed by atoms with Crippen LogP contribution in [0.2, 0.25) is 5.02 Å². The molecule has 1 heterocycles. The van der Waals surface area contributed by atoms with Crippen LogP contribution in [0.15, 0.2) is 36.8 Å². The predicted octanol–water partition coefficient (Wildman–Crippen LogP) is 2.63. The van der Waals surface area contributed by atoms with E-state index in [1.165, 1.54) is 18.6 Å². The van der Waals surface area contributed by atoms with E-state index in [1.54, 1.807) is 23.1 Å². The molecule has 25 heavy (non-hydrogen) atoms. The number of hydrogen-bond donors (Lipinski definition) is 1. The lowest BCUT2D eigenvalue weighted by atomic mass is 10.3. The van der Waals surface area contributed by atoms with Crippen LogP contribution in [0.5, 0.6) is 5.75 Å². The van der Waals surface area contributed by atoms with Gasteiger partial charge in [-0.05, 0) is 32.0 Å². The second-order valence-electron chi connectivity index (χ2n) is 5.04. The molecule has 0 unspecified atom stereocenters. The Morgan fingerprint density at radius 2 is 2.00 bits per heavy atom. The molecule has 2 rings (SSSR count). The van der Waals surface area contributed by atoms with E-state index in [0.29, 0.717) is 29.5 Å². The first-order valence-corrected chi connectivity index (χ1v) is 8.20. The third-order valence-electron chi connectivity index (χ3n) is 3.45. The van der Waals surface area contributed by atoms with Crippen molar-refractivity contribution >= 4 is 29.1 Å². The first kappa shape index (κ1) is 18.7. The van der Waals surface area contributed by atoms with E-state index >= 15 is 0 Å². The van der Waals surface area contributed by atoms with Crippen LogP contribution in [0.4, 0.5) is 5.69 Å². The van der Waals surface area contributed by atoms with Gasteiger partial charge in [-0.25, -0.2) is 4.98 Å². The third kappa shape index (κ3) is 5.15. The number of halogens is 1. The number of amides is 2. The first-order chi connectivity index (χ1) is 12.0. The smallest absolute Gasteiger partial charge is 0.275 e. The molecule has 0 bridgehead atoms. The zero-order valence-electron chi connectivity index (χ0n) is 14.0. The van der Waals surface area contributed by atoms with Gasteiger partial charge in [-0.3, -0.25) is 14.6 Å². The highest BCUT2D eigenvalue weighted by Gasteiger charge is 2.13. The van der Waals surface area contributed by atoms with E-state index in [1.807, 2.05) is 13.8 Å². The van der Waals surface area contributed by atoms with Gasteiger partial charge in [0.15, 0.2) is 6.61 Å². The number of carbonyl (C=O) groups excluding carboxylic acids is 2. The average Bonchev–Trinajstić information content (AvgIpc) is 2.62. The molecule has 0 radical (unpaired) electrons. The Hall–Kier alpha value is -2.67. The summed E-state index contributed by atoms with van der Waals surface area (Å²) in [7, 11) is 0. The van der Waals surface area contributed by atoms with Crippen LogP contribution in [-0.2, 0) is 4.79 Å². The fourth-order valence-electron chi connectivity index (χ4n) is 2.11. The van der Waals surface area contributed by atoms with Crippen molar-refractivity contribution in [3.05, 3.63) is 47.5 Å². The van der Waals surface area contributed by atoms with Crippen molar-refractivity contribution in [3.63, 3.8) is 0 Å². The lowest BCUT2D eigenvalue weighted by Gasteiger charge is -2.19. The van der Waals surface area contributed by atoms with Crippen molar-refractivity contribution in [3.8, 4) is 5.75 Å². The van der Waals surface area contributed by atoms with Crippen molar-refractivity contribution in [1.82, 2.24) is 14.9 Å². The number of nitrogens with one attached hydrogen (secondary N) is 1. The molecule has 7 nitrogen and oxygen atoms in total. The fraction of sp³-hybridized carbons (Fsp3) is 0.294. The summed E-state index contributed by atoms with van der Waals surface area (Å²) in [4.78, 5) is 33.4. The lowest BCUT2D eigenvalue weighted by Crippen LogP contribution is -2.34. The quantitative estimate of drug-likeness (QED) is 0.818. The summed E-state index contributed by atoms with van der Waals surface area (Å²) in [6, 6.07) is 4.79. The van der Waals surface area contributed by atoms with Gasteiger partial charge in [-0.15, -0.1) is 0 Å². The SMILES string of the molecule is CCN(CC)C(=O)COc1ccc(NC(=O)c2cnccn2)cc1Cl. The van der Waals surface area contributed by atoms with Gasteiger partial charge in [0, 0.05) is 31.2 Å². The number of nitrogens with zero attached hydrogens (tertiary/aromatic N) is 3. The second-order valence-corrected chi connectivity index (χ2v) is 5.45. The molecular weight excluding hydrogens is 344 g/mol. The minimum Gasteiger partial charge on any atom is -0.482 e. The molecule has 0 atom stereocenters. The van der Waals surface area contributed by atoms with Crippen LogP contribution < -0.4 is 10.1 Å². The lowest BCUT2D eigenvalue weighted by molar-refractivity contribution is -0.132. The van der Waals surface area contributed by atoms with Crippen molar-refractivity contribution in [2.45, 2.75) is 13.8 Å². The number of carbonyl (C=O) groups is 2. The summed E-state index contributed by atoms with van der Waals surface area (Å²) < 4.78 is 5.47. The van der Waals surface area contributed by atoms with Crippen LogP contribution in [-0.4, -0.2) is 46.4 Å². The van der Waals surface area contributed by atoms with E-state index in [2.05, 4.69) is 15.3 Å². The Morgan fingerprint density at radius 3 is 2.60 bits per heavy atom. The van der Waals surface area contributed by atoms with Gasteiger partial charge in [0.2, 0.25) is 0 Å². The molecule has 8 heteroatoms. The molecular formula is C17H19ClN4O3. The minimum absolute atomic E-state index is 0.0906. The number of rotatable bonds is 7. The number of hydrogen-bond acceptors (Lipinski definition) is 5. The van der Waals surface area contributed by atoms with Gasteiger partial charge < -0.3 is 15.0 Å². The van der Waals surface area contributed by atoms with Crippen LogP contribution in [0.1, 0.15) is 24.3 Å². The molecule has 0 aliphatic carbocycles. The first-order valence-electron chi connectivity index (χ1n) is 7.82. The van der Waals surface area contributed by atoms with Gasteiger partial charge >= 0.3 is 0 Å². The summed E-state index contributed by atoms with van der Waals surface area (Å²) >= 11 is 6.16. The fourth-order valence-corrected chi connectivity index (χ4v) is 2.35. The van der Waals surface area contributed by atoms with Gasteiger partial charge in [0.1, 0.15) is 11.4 Å². The summed E-state index contributed by atoms with van der Waals surface area (Å²) in [5.74, 6) is -0.129. The number of benzene rings is 1. The molecule has 2 amide bonds. The zero-order valence-corrected chi connectivity index (χ0v) is 14.8. The topological polar surface area (TPSA) is 84.4 Å². The van der Waals surface area contributed by atoms with E-state index in [9.17, 15) is 9.59 Å². The van der Waals surface area contributed by atoms with Crippen LogP contribution >= 0.6 is 11.6 Å². The number of aromatic nitrogens is 2. The molecule has 132 valence electrons. The van der Waals surface area contributed by atoms with Gasteiger partial charge in [-0.1, -0.05) is 11.6 Å². The largest absolute Gasteiger partial charge is 0.482 e. The highest BCUT2D eigenvalue weighted by molar-refractivity contribution is 6.32. The predicted molar refractivity (Wildman–Crippen MR) is 94.9 cm³/mol. The van der Waals surface area contributed by atoms with Crippen molar-refractivity contribution in [2.75, 3.05) is 25.0 Å². The number of likely N-dealkylation sites (N-methyl/N-ethyl adjacent to an activating group) is 1. The summed E-state index contributed by atoms with van der Waals surface area (Å²) in [6.07, 6.45) is 4.29. The Balaban J connectivity index is 1.98. The molecule has 1 aromatic carbocycles. The Bertz CT molecular complexity index is 736. The average molecular weight is 363 g/mol. The second kappa shape index (κ2) is 8.98. The standard InChI is InChI=1S/C17H19ClN4O3/c1-3-22(4-2)16(23)11-25-15-6-5-12(9-13(15)18)21-17(24)14-10-19-7-8-20-14/h5-10H,3-4,11H2,1-2H3,(H,21,24). The summed E-state index contributed by atoms with van der Waals surface area (Å²) in [6.45, 7) is 4.97. The molecule has 0 aliphatic heterocycles. The Labute approximate surface area is 151 Å². The van der Waals surface area contributed by atoms with Gasteiger partial charge in [0.25, 0.3) is 11.8 Å². The molecule has 0 saturated carbocycles. The van der Waals surface area contributed by atoms with Crippen molar-refractivity contribution in [2.24, 2.45) is 0 Å². The van der Waals surface area contributed by atoms with Crippen LogP contribution in [0.3, 0.4) is 0 Å². The monoisotopic (exact) mass is 362 g/mol.